The van der Waals surface area contributed by atoms with Crippen LogP contribution in [0, 0.1) is 0 Å². The molecule has 0 spiro atoms. The van der Waals surface area contributed by atoms with E-state index in [0.717, 1.165) is 0 Å². The molecule has 0 amide bonds. The number of nitrogens with zero attached hydrogens (tertiary/aromatic N) is 1. The Morgan fingerprint density at radius 2 is 2.20 bits per heavy atom. The molecule has 1 heterocycles. The highest BCUT2D eigenvalue weighted by Crippen LogP contribution is 2.24. The van der Waals surface area contributed by atoms with Gasteiger partial charge in [0.25, 0.3) is 0 Å². The van der Waals surface area contributed by atoms with Crippen LogP contribution in [0.3, 0.4) is 0 Å². The smallest absolute Gasteiger partial charge is 0.449 e. The van der Waals surface area contributed by atoms with Crippen molar-refractivity contribution < 1.29 is 17.9 Å². The zero-order valence-corrected chi connectivity index (χ0v) is 7.98. The number of imidazole rings is 1. The first-order valence-corrected chi connectivity index (χ1v) is 4.43. The van der Waals surface area contributed by atoms with Gasteiger partial charge in [0.2, 0.25) is 5.82 Å². The van der Waals surface area contributed by atoms with Gasteiger partial charge in [-0.2, -0.15) is 13.2 Å². The van der Waals surface area contributed by atoms with Crippen molar-refractivity contribution >= 4 is 11.8 Å². The van der Waals surface area contributed by atoms with Crippen molar-refractivity contribution in [3.8, 4) is 0 Å². The summed E-state index contributed by atoms with van der Waals surface area (Å²) < 4.78 is 42.0. The molecule has 82 valence electrons. The molecule has 0 saturated heterocycles. The van der Waals surface area contributed by atoms with E-state index in [9.17, 15) is 13.2 Å². The molecule has 1 aliphatic carbocycles. The molecule has 1 N–H and O–H groups in total. The molecule has 0 aromatic carbocycles. The van der Waals surface area contributed by atoms with Gasteiger partial charge >= 0.3 is 6.18 Å². The zero-order chi connectivity index (χ0) is 11.1. The average Bonchev–Trinajstić information content (AvgIpc) is 2.59. The summed E-state index contributed by atoms with van der Waals surface area (Å²) in [6.07, 6.45) is -1.49. The third-order valence-corrected chi connectivity index (χ3v) is 2.23. The topological polar surface area (TPSA) is 37.9 Å². The van der Waals surface area contributed by atoms with Crippen LogP contribution in [0.2, 0.25) is 0 Å². The van der Waals surface area contributed by atoms with Gasteiger partial charge in [0, 0.05) is 6.42 Å². The summed E-state index contributed by atoms with van der Waals surface area (Å²) in [6.45, 7) is 0. The molecule has 15 heavy (non-hydrogen) atoms. The molecule has 0 unspecified atom stereocenters. The molecule has 0 bridgehead atoms. The molecule has 1 aromatic heterocycles. The SMILES string of the molecule is COC1=c2nc(C(F)(F)F)[nH]c2=CCC1. The van der Waals surface area contributed by atoms with Gasteiger partial charge in [-0.3, -0.25) is 0 Å². The number of aromatic nitrogens is 2. The molecule has 6 heteroatoms. The maximum atomic E-state index is 12.3. The molecule has 1 aliphatic rings. The molecule has 0 atom stereocenters. The molecular formula is C9H9F3N2O. The third-order valence-electron chi connectivity index (χ3n) is 2.23. The number of rotatable bonds is 1. The van der Waals surface area contributed by atoms with Gasteiger partial charge in [-0.15, -0.1) is 0 Å². The first-order chi connectivity index (χ1) is 7.02. The molecule has 0 radical (unpaired) electrons. The van der Waals surface area contributed by atoms with E-state index in [1.807, 2.05) is 0 Å². The maximum Gasteiger partial charge on any atom is 0.449 e. The van der Waals surface area contributed by atoms with E-state index < -0.39 is 12.0 Å². The number of H-pyrrole nitrogens is 1. The summed E-state index contributed by atoms with van der Waals surface area (Å²) in [4.78, 5) is 5.75. The largest absolute Gasteiger partial charge is 0.499 e. The predicted octanol–water partition coefficient (Wildman–Crippen LogP) is 0.757. The summed E-state index contributed by atoms with van der Waals surface area (Å²) in [5.41, 5.74) is 0. The Morgan fingerprint density at radius 3 is 2.80 bits per heavy atom. The Hall–Kier alpha value is -1.46. The van der Waals surface area contributed by atoms with Crippen molar-refractivity contribution in [2.24, 2.45) is 0 Å². The molecule has 0 fully saturated rings. The van der Waals surface area contributed by atoms with Crippen LogP contribution in [0.5, 0.6) is 0 Å². The number of aromatic amines is 1. The number of hydrogen-bond acceptors (Lipinski definition) is 2. The van der Waals surface area contributed by atoms with Crippen molar-refractivity contribution in [1.82, 2.24) is 9.97 Å². The highest BCUT2D eigenvalue weighted by atomic mass is 19.4. The van der Waals surface area contributed by atoms with Crippen LogP contribution in [-0.2, 0) is 10.9 Å². The van der Waals surface area contributed by atoms with E-state index in [2.05, 4.69) is 9.97 Å². The third kappa shape index (κ3) is 1.71. The van der Waals surface area contributed by atoms with Gasteiger partial charge in [-0.25, -0.2) is 4.98 Å². The fraction of sp³-hybridized carbons (Fsp3) is 0.444. The van der Waals surface area contributed by atoms with E-state index in [1.54, 1.807) is 6.08 Å². The first-order valence-electron chi connectivity index (χ1n) is 4.43. The minimum absolute atomic E-state index is 0.274. The summed E-state index contributed by atoms with van der Waals surface area (Å²) in [5, 5.41) is 0.668. The summed E-state index contributed by atoms with van der Waals surface area (Å²) in [7, 11) is 1.44. The van der Waals surface area contributed by atoms with Gasteiger partial charge in [0.15, 0.2) is 0 Å². The number of fused-ring (bicyclic) bond motifs is 1. The minimum Gasteiger partial charge on any atom is -0.499 e. The fourth-order valence-corrected chi connectivity index (χ4v) is 1.55. The summed E-state index contributed by atoms with van der Waals surface area (Å²) >= 11 is 0. The second-order valence-corrected chi connectivity index (χ2v) is 3.22. The molecular weight excluding hydrogens is 209 g/mol. The fourth-order valence-electron chi connectivity index (χ4n) is 1.55. The summed E-state index contributed by atoms with van der Waals surface area (Å²) in [6, 6.07) is 0. The van der Waals surface area contributed by atoms with Gasteiger partial charge in [-0.05, 0) is 6.42 Å². The molecule has 0 aliphatic heterocycles. The summed E-state index contributed by atoms with van der Waals surface area (Å²) in [5.74, 6) is -0.473. The highest BCUT2D eigenvalue weighted by molar-refractivity contribution is 5.42. The number of methoxy groups -OCH3 is 1. The number of halogens is 3. The Morgan fingerprint density at radius 1 is 1.47 bits per heavy atom. The Balaban J connectivity index is 2.66. The lowest BCUT2D eigenvalue weighted by Crippen LogP contribution is -2.30. The van der Waals surface area contributed by atoms with E-state index in [1.165, 1.54) is 7.11 Å². The number of nitrogens with one attached hydrogen (secondary N) is 1. The molecule has 2 rings (SSSR count). The van der Waals surface area contributed by atoms with Crippen molar-refractivity contribution in [2.75, 3.05) is 7.11 Å². The van der Waals surface area contributed by atoms with Crippen molar-refractivity contribution in [3.63, 3.8) is 0 Å². The lowest BCUT2D eigenvalue weighted by atomic mass is 10.2. The molecule has 3 nitrogen and oxygen atoms in total. The number of ether oxygens (including phenoxy) is 1. The highest BCUT2D eigenvalue weighted by Gasteiger charge is 2.34. The van der Waals surface area contributed by atoms with Crippen LogP contribution in [0.25, 0.3) is 11.8 Å². The maximum absolute atomic E-state index is 12.3. The normalized spacial score (nSPS) is 15.9. The molecule has 0 saturated carbocycles. The van der Waals surface area contributed by atoms with Crippen LogP contribution in [0.1, 0.15) is 18.7 Å². The monoisotopic (exact) mass is 218 g/mol. The minimum atomic E-state index is -4.44. The lowest BCUT2D eigenvalue weighted by Gasteiger charge is -2.04. The van der Waals surface area contributed by atoms with Crippen LogP contribution < -0.4 is 10.7 Å². The lowest BCUT2D eigenvalue weighted by molar-refractivity contribution is -0.144. The van der Waals surface area contributed by atoms with E-state index >= 15 is 0 Å². The Kier molecular flexibility index (Phi) is 2.21. The van der Waals surface area contributed by atoms with Gasteiger partial charge in [0.05, 0.1) is 12.5 Å². The first kappa shape index (κ1) is 10.1. The average molecular weight is 218 g/mol. The van der Waals surface area contributed by atoms with Crippen LogP contribution in [-0.4, -0.2) is 17.1 Å². The standard InChI is InChI=1S/C9H9F3N2O/c1-15-6-4-2-3-5-7(6)14-8(13-5)9(10,11)12/h3H,2,4H2,1H3,(H,13,14). The second-order valence-electron chi connectivity index (χ2n) is 3.22. The quantitative estimate of drug-likeness (QED) is 0.755. The number of alkyl halides is 3. The van der Waals surface area contributed by atoms with Crippen LogP contribution in [0.15, 0.2) is 0 Å². The Bertz CT molecular complexity index is 486. The predicted molar refractivity (Wildman–Crippen MR) is 47.0 cm³/mol. The molecule has 1 aromatic rings. The second kappa shape index (κ2) is 3.29. The van der Waals surface area contributed by atoms with Crippen molar-refractivity contribution in [3.05, 3.63) is 16.5 Å². The van der Waals surface area contributed by atoms with Gasteiger partial charge in [-0.1, -0.05) is 6.08 Å². The van der Waals surface area contributed by atoms with Gasteiger partial charge in [0.1, 0.15) is 11.1 Å². The van der Waals surface area contributed by atoms with Gasteiger partial charge < -0.3 is 9.72 Å². The van der Waals surface area contributed by atoms with Crippen molar-refractivity contribution in [1.29, 1.82) is 0 Å². The van der Waals surface area contributed by atoms with E-state index in [4.69, 9.17) is 4.74 Å². The Labute approximate surface area is 83.3 Å². The van der Waals surface area contributed by atoms with Crippen molar-refractivity contribution in [2.45, 2.75) is 19.0 Å². The van der Waals surface area contributed by atoms with Crippen LogP contribution >= 0.6 is 0 Å². The van der Waals surface area contributed by atoms with Crippen LogP contribution in [0.4, 0.5) is 13.2 Å². The van der Waals surface area contributed by atoms with E-state index in [0.29, 0.717) is 23.9 Å². The van der Waals surface area contributed by atoms with E-state index in [-0.39, 0.29) is 5.35 Å². The number of hydrogen-bond donors (Lipinski definition) is 1. The zero-order valence-electron chi connectivity index (χ0n) is 7.98.